The van der Waals surface area contributed by atoms with Crippen LogP contribution in [0, 0.1) is 5.92 Å². The number of hydrogen-bond acceptors (Lipinski definition) is 5. The molecule has 0 unspecified atom stereocenters. The van der Waals surface area contributed by atoms with Gasteiger partial charge in [0.05, 0.1) is 35.8 Å². The summed E-state index contributed by atoms with van der Waals surface area (Å²) in [6.45, 7) is 3.29. The van der Waals surface area contributed by atoms with Crippen LogP contribution in [0.3, 0.4) is 0 Å². The Balaban J connectivity index is 1.64. The maximum atomic E-state index is 13.8. The number of amides is 1. The number of rotatable bonds is 2. The zero-order valence-electron chi connectivity index (χ0n) is 16.0. The highest BCUT2D eigenvalue weighted by Gasteiger charge is 2.50. The molecule has 1 amide bonds. The molecule has 1 saturated heterocycles. The Bertz CT molecular complexity index is 1080. The number of para-hydroxylation sites is 1. The summed E-state index contributed by atoms with van der Waals surface area (Å²) in [6, 6.07) is 11.7. The van der Waals surface area contributed by atoms with Gasteiger partial charge >= 0.3 is 0 Å². The summed E-state index contributed by atoms with van der Waals surface area (Å²) < 4.78 is 40.3. The predicted octanol–water partition coefficient (Wildman–Crippen LogP) is 2.27. The molecule has 0 saturated carbocycles. The minimum Gasteiger partial charge on any atom is -0.490 e. The van der Waals surface area contributed by atoms with Gasteiger partial charge < -0.3 is 14.8 Å². The normalized spacial score (nSPS) is 25.6. The van der Waals surface area contributed by atoms with Crippen LogP contribution in [0.1, 0.15) is 24.8 Å². The standard InChI is InChI=1S/C21H22N2O5S/c1-13-15-5-2-3-6-16(15)23(17-12-22-21(24)20(13)17)29(25,26)14-7-8-18-19(11-14)28-10-4-9-27-18/h2-3,5-8,11,13,17,20H,4,9-10,12H2,1H3,(H,22,24)/t13-,17+,20-/m1/s1. The average molecular weight is 414 g/mol. The quantitative estimate of drug-likeness (QED) is 0.815. The largest absolute Gasteiger partial charge is 0.490 e. The van der Waals surface area contributed by atoms with Gasteiger partial charge in [-0.25, -0.2) is 8.42 Å². The molecular weight excluding hydrogens is 392 g/mol. The lowest BCUT2D eigenvalue weighted by Crippen LogP contribution is -2.50. The molecule has 3 heterocycles. The fourth-order valence-electron chi connectivity index (χ4n) is 4.58. The topological polar surface area (TPSA) is 84.9 Å². The van der Waals surface area contributed by atoms with E-state index in [4.69, 9.17) is 9.47 Å². The Kier molecular flexibility index (Phi) is 4.20. The maximum absolute atomic E-state index is 13.8. The second-order valence-corrected chi connectivity index (χ2v) is 9.46. The summed E-state index contributed by atoms with van der Waals surface area (Å²) in [6.07, 6.45) is 0.742. The summed E-state index contributed by atoms with van der Waals surface area (Å²) in [5, 5.41) is 2.85. The Morgan fingerprint density at radius 1 is 1.07 bits per heavy atom. The highest BCUT2D eigenvalue weighted by molar-refractivity contribution is 7.92. The van der Waals surface area contributed by atoms with Crippen molar-refractivity contribution < 1.29 is 22.7 Å². The van der Waals surface area contributed by atoms with Gasteiger partial charge in [-0.15, -0.1) is 0 Å². The molecule has 1 N–H and O–H groups in total. The third kappa shape index (κ3) is 2.77. The molecule has 0 spiro atoms. The van der Waals surface area contributed by atoms with Gasteiger partial charge in [-0.05, 0) is 29.7 Å². The van der Waals surface area contributed by atoms with Crippen molar-refractivity contribution in [3.8, 4) is 11.5 Å². The second-order valence-electron chi connectivity index (χ2n) is 7.65. The first-order valence-electron chi connectivity index (χ1n) is 9.79. The van der Waals surface area contributed by atoms with Crippen molar-refractivity contribution in [3.05, 3.63) is 48.0 Å². The van der Waals surface area contributed by atoms with Crippen molar-refractivity contribution in [2.75, 3.05) is 24.1 Å². The molecule has 152 valence electrons. The van der Waals surface area contributed by atoms with E-state index in [0.29, 0.717) is 36.9 Å². The number of fused-ring (bicyclic) bond motifs is 3. The van der Waals surface area contributed by atoms with E-state index in [0.717, 1.165) is 12.0 Å². The van der Waals surface area contributed by atoms with E-state index < -0.39 is 22.0 Å². The highest BCUT2D eigenvalue weighted by atomic mass is 32.2. The summed E-state index contributed by atoms with van der Waals surface area (Å²) in [5.41, 5.74) is 1.49. The van der Waals surface area contributed by atoms with Gasteiger partial charge in [0.15, 0.2) is 11.5 Å². The Hall–Kier alpha value is -2.74. The smallest absolute Gasteiger partial charge is 0.264 e. The van der Waals surface area contributed by atoms with Gasteiger partial charge in [0.1, 0.15) is 0 Å². The molecule has 29 heavy (non-hydrogen) atoms. The number of hydrogen-bond donors (Lipinski definition) is 1. The van der Waals surface area contributed by atoms with E-state index in [1.54, 1.807) is 12.1 Å². The van der Waals surface area contributed by atoms with Crippen LogP contribution in [0.4, 0.5) is 5.69 Å². The number of nitrogens with one attached hydrogen (secondary N) is 1. The van der Waals surface area contributed by atoms with Crippen LogP contribution in [0.15, 0.2) is 47.4 Å². The number of anilines is 1. The molecule has 5 rings (SSSR count). The average Bonchev–Trinajstić information content (AvgIpc) is 2.95. The van der Waals surface area contributed by atoms with Crippen LogP contribution in [0.2, 0.25) is 0 Å². The molecule has 3 atom stereocenters. The molecular formula is C21H22N2O5S. The Morgan fingerprint density at radius 2 is 1.83 bits per heavy atom. The van der Waals surface area contributed by atoms with Crippen molar-refractivity contribution in [2.24, 2.45) is 5.92 Å². The van der Waals surface area contributed by atoms with Crippen molar-refractivity contribution >= 4 is 21.6 Å². The van der Waals surface area contributed by atoms with Crippen LogP contribution in [-0.4, -0.2) is 40.1 Å². The minimum absolute atomic E-state index is 0.0612. The van der Waals surface area contributed by atoms with Gasteiger partial charge in [0, 0.05) is 19.0 Å². The predicted molar refractivity (Wildman–Crippen MR) is 107 cm³/mol. The number of nitrogens with zero attached hydrogens (tertiary/aromatic N) is 1. The first kappa shape index (κ1) is 18.3. The number of sulfonamides is 1. The fraction of sp³-hybridized carbons (Fsp3) is 0.381. The van der Waals surface area contributed by atoms with Crippen molar-refractivity contribution in [1.29, 1.82) is 0 Å². The van der Waals surface area contributed by atoms with Crippen LogP contribution in [0.5, 0.6) is 11.5 Å². The molecule has 0 aliphatic carbocycles. The third-order valence-corrected chi connectivity index (χ3v) is 7.82. The molecule has 3 aliphatic heterocycles. The number of ether oxygens (including phenoxy) is 2. The third-order valence-electron chi connectivity index (χ3n) is 5.98. The second kappa shape index (κ2) is 6.66. The zero-order valence-corrected chi connectivity index (χ0v) is 16.8. The lowest BCUT2D eigenvalue weighted by atomic mass is 9.80. The van der Waals surface area contributed by atoms with Crippen LogP contribution in [0.25, 0.3) is 0 Å². The molecule has 0 bridgehead atoms. The molecule has 0 aromatic heterocycles. The van der Waals surface area contributed by atoms with Crippen molar-refractivity contribution in [1.82, 2.24) is 5.32 Å². The number of carbonyl (C=O) groups excluding carboxylic acids is 1. The van der Waals surface area contributed by atoms with Crippen LogP contribution in [-0.2, 0) is 14.8 Å². The van der Waals surface area contributed by atoms with Gasteiger partial charge in [-0.1, -0.05) is 25.1 Å². The summed E-state index contributed by atoms with van der Waals surface area (Å²) >= 11 is 0. The van der Waals surface area contributed by atoms with Crippen LogP contribution >= 0.6 is 0 Å². The van der Waals surface area contributed by atoms with E-state index in [1.165, 1.54) is 10.4 Å². The number of carbonyl (C=O) groups is 1. The lowest BCUT2D eigenvalue weighted by molar-refractivity contribution is -0.123. The van der Waals surface area contributed by atoms with E-state index in [9.17, 15) is 13.2 Å². The first-order chi connectivity index (χ1) is 14.0. The van der Waals surface area contributed by atoms with Gasteiger partial charge in [-0.2, -0.15) is 0 Å². The maximum Gasteiger partial charge on any atom is 0.264 e. The first-order valence-corrected chi connectivity index (χ1v) is 11.2. The Labute approximate surface area is 169 Å². The molecule has 2 aromatic rings. The molecule has 7 nitrogen and oxygen atoms in total. The SMILES string of the molecule is C[C@@H]1c2ccccc2N(S(=O)(=O)c2ccc3c(c2)OCCCO3)[C@H]2CNC(=O)[C@H]12. The Morgan fingerprint density at radius 3 is 2.66 bits per heavy atom. The van der Waals surface area contributed by atoms with Gasteiger partial charge in [0.25, 0.3) is 10.0 Å². The monoisotopic (exact) mass is 414 g/mol. The minimum atomic E-state index is -3.92. The molecule has 0 radical (unpaired) electrons. The van der Waals surface area contributed by atoms with E-state index in [2.05, 4.69) is 5.32 Å². The highest BCUT2D eigenvalue weighted by Crippen LogP contribution is 2.46. The number of benzene rings is 2. The molecule has 8 heteroatoms. The summed E-state index contributed by atoms with van der Waals surface area (Å²) in [7, 11) is -3.92. The zero-order chi connectivity index (χ0) is 20.2. The van der Waals surface area contributed by atoms with Crippen LogP contribution < -0.4 is 19.1 Å². The van der Waals surface area contributed by atoms with Crippen molar-refractivity contribution in [2.45, 2.75) is 30.2 Å². The molecule has 3 aliphatic rings. The molecule has 1 fully saturated rings. The van der Waals surface area contributed by atoms with Gasteiger partial charge in [0.2, 0.25) is 5.91 Å². The summed E-state index contributed by atoms with van der Waals surface area (Å²) in [4.78, 5) is 12.6. The van der Waals surface area contributed by atoms with E-state index >= 15 is 0 Å². The van der Waals surface area contributed by atoms with E-state index in [1.807, 2.05) is 31.2 Å². The van der Waals surface area contributed by atoms with Gasteiger partial charge in [-0.3, -0.25) is 9.10 Å². The van der Waals surface area contributed by atoms with E-state index in [-0.39, 0.29) is 16.7 Å². The fourth-order valence-corrected chi connectivity index (χ4v) is 6.29. The van der Waals surface area contributed by atoms with Crippen molar-refractivity contribution in [3.63, 3.8) is 0 Å². The lowest BCUT2D eigenvalue weighted by Gasteiger charge is -2.41. The summed E-state index contributed by atoms with van der Waals surface area (Å²) in [5.74, 6) is 0.397. The molecule has 2 aromatic carbocycles.